The molecule has 0 spiro atoms. The van der Waals surface area contributed by atoms with E-state index in [2.05, 4.69) is 4.98 Å². The number of fused-ring (bicyclic) bond motifs is 1. The van der Waals surface area contributed by atoms with Gasteiger partial charge in [-0.2, -0.15) is 0 Å². The maximum absolute atomic E-state index is 9.23. The number of nitrogens with zero attached hydrogens (tertiary/aromatic N) is 1. The average Bonchev–Trinajstić information content (AvgIpc) is 2.57. The van der Waals surface area contributed by atoms with Gasteiger partial charge in [-0.1, -0.05) is 0 Å². The summed E-state index contributed by atoms with van der Waals surface area (Å²) < 4.78 is 9.58. The second kappa shape index (κ2) is 3.41. The normalized spacial score (nSPS) is 11.2. The fourth-order valence-electron chi connectivity index (χ4n) is 1.17. The molecule has 14 heavy (non-hydrogen) atoms. The Bertz CT molecular complexity index is 473. The highest BCUT2D eigenvalue weighted by Crippen LogP contribution is 2.25. The van der Waals surface area contributed by atoms with Gasteiger partial charge in [-0.05, 0) is 18.2 Å². The lowest BCUT2D eigenvalue weighted by Crippen LogP contribution is -1.79. The fraction of sp³-hybridized carbons (Fsp3) is 0.100. The highest BCUT2D eigenvalue weighted by Gasteiger charge is 2.04. The molecule has 0 saturated carbocycles. The van der Waals surface area contributed by atoms with Crippen molar-refractivity contribution in [1.82, 2.24) is 4.98 Å². The van der Waals surface area contributed by atoms with Crippen LogP contribution in [0, 0.1) is 0 Å². The number of ether oxygens (including phenoxy) is 1. The molecule has 0 aliphatic heterocycles. The van der Waals surface area contributed by atoms with E-state index in [1.807, 2.05) is 0 Å². The van der Waals surface area contributed by atoms with Crippen molar-refractivity contribution in [3.63, 3.8) is 0 Å². The fourth-order valence-corrected chi connectivity index (χ4v) is 1.17. The summed E-state index contributed by atoms with van der Waals surface area (Å²) in [5.74, 6) is -0.102. The Kier molecular flexibility index (Phi) is 2.10. The Balaban J connectivity index is 2.47. The number of rotatable bonds is 2. The third kappa shape index (κ3) is 1.42. The first-order valence-electron chi connectivity index (χ1n) is 4.08. The molecule has 0 bridgehead atoms. The van der Waals surface area contributed by atoms with Crippen molar-refractivity contribution in [3.8, 4) is 5.95 Å². The summed E-state index contributed by atoms with van der Waals surface area (Å²) >= 11 is 0. The first-order chi connectivity index (χ1) is 6.81. The van der Waals surface area contributed by atoms with Crippen LogP contribution in [0.25, 0.3) is 17.0 Å². The van der Waals surface area contributed by atoms with Crippen molar-refractivity contribution in [3.05, 3.63) is 30.4 Å². The van der Waals surface area contributed by atoms with E-state index in [0.29, 0.717) is 10.9 Å². The first kappa shape index (κ1) is 8.62. The minimum atomic E-state index is -0.102. The molecular weight excluding hydrogens is 182 g/mol. The lowest BCUT2D eigenvalue weighted by molar-refractivity contribution is 0.338. The number of methoxy groups -OCH3 is 1. The number of hydrogen-bond acceptors (Lipinski definition) is 4. The first-order valence-corrected chi connectivity index (χ1v) is 4.08. The van der Waals surface area contributed by atoms with Crippen LogP contribution in [0.5, 0.6) is 5.95 Å². The second-order valence-corrected chi connectivity index (χ2v) is 2.75. The smallest absolute Gasteiger partial charge is 0.291 e. The Hall–Kier alpha value is -1.97. The van der Waals surface area contributed by atoms with Crippen LogP contribution >= 0.6 is 0 Å². The van der Waals surface area contributed by atoms with Gasteiger partial charge in [0.15, 0.2) is 0 Å². The molecule has 0 unspecified atom stereocenters. The van der Waals surface area contributed by atoms with Crippen molar-refractivity contribution >= 4 is 17.0 Å². The summed E-state index contributed by atoms with van der Waals surface area (Å²) in [6, 6.07) is 3.52. The van der Waals surface area contributed by atoms with Crippen LogP contribution in [0.3, 0.4) is 0 Å². The molecule has 2 aromatic heterocycles. The van der Waals surface area contributed by atoms with E-state index in [1.54, 1.807) is 25.3 Å². The van der Waals surface area contributed by atoms with Crippen LogP contribution in [-0.2, 0) is 4.74 Å². The molecule has 4 nitrogen and oxygen atoms in total. The third-order valence-electron chi connectivity index (χ3n) is 1.83. The van der Waals surface area contributed by atoms with Crippen molar-refractivity contribution in [2.75, 3.05) is 7.11 Å². The van der Waals surface area contributed by atoms with Gasteiger partial charge in [-0.3, -0.25) is 0 Å². The van der Waals surface area contributed by atoms with E-state index in [1.165, 1.54) is 12.5 Å². The highest BCUT2D eigenvalue weighted by molar-refractivity contribution is 5.83. The number of aromatic nitrogens is 1. The van der Waals surface area contributed by atoms with Crippen LogP contribution < -0.4 is 0 Å². The molecule has 2 heterocycles. The van der Waals surface area contributed by atoms with E-state index in [9.17, 15) is 5.11 Å². The molecule has 0 radical (unpaired) electrons. The molecule has 1 N–H and O–H groups in total. The molecule has 72 valence electrons. The number of hydrogen-bond donors (Lipinski definition) is 1. The summed E-state index contributed by atoms with van der Waals surface area (Å²) in [5.41, 5.74) is 1.38. The van der Waals surface area contributed by atoms with E-state index in [0.717, 1.165) is 5.69 Å². The van der Waals surface area contributed by atoms with Gasteiger partial charge in [-0.25, -0.2) is 4.98 Å². The zero-order valence-corrected chi connectivity index (χ0v) is 7.60. The zero-order chi connectivity index (χ0) is 9.97. The molecular formula is C10H9NO3. The van der Waals surface area contributed by atoms with Crippen LogP contribution in [0.2, 0.25) is 0 Å². The van der Waals surface area contributed by atoms with E-state index < -0.39 is 0 Å². The Labute approximate surface area is 80.4 Å². The molecule has 0 atom stereocenters. The van der Waals surface area contributed by atoms with Gasteiger partial charge in [0.25, 0.3) is 5.95 Å². The molecule has 0 amide bonds. The Morgan fingerprint density at radius 2 is 2.36 bits per heavy atom. The quantitative estimate of drug-likeness (QED) is 0.739. The summed E-state index contributed by atoms with van der Waals surface area (Å²) in [4.78, 5) is 4.21. The zero-order valence-electron chi connectivity index (χ0n) is 7.60. The van der Waals surface area contributed by atoms with Crippen molar-refractivity contribution in [2.45, 2.75) is 0 Å². The Morgan fingerprint density at radius 1 is 1.50 bits per heavy atom. The lowest BCUT2D eigenvalue weighted by Gasteiger charge is -1.92. The maximum atomic E-state index is 9.23. The van der Waals surface area contributed by atoms with Gasteiger partial charge in [0.1, 0.15) is 11.8 Å². The predicted octanol–water partition coefficient (Wildman–Crippen LogP) is 2.15. The second-order valence-electron chi connectivity index (χ2n) is 2.75. The van der Waals surface area contributed by atoms with Crippen molar-refractivity contribution < 1.29 is 14.3 Å². The monoisotopic (exact) mass is 191 g/mol. The minimum Gasteiger partial charge on any atom is -0.504 e. The highest BCUT2D eigenvalue weighted by atomic mass is 16.5. The number of aromatic hydroxyl groups is 1. The van der Waals surface area contributed by atoms with Gasteiger partial charge in [-0.15, -0.1) is 0 Å². The SMILES string of the molecule is CO/C=C\c1ccc2c(O)occ2n1. The summed E-state index contributed by atoms with van der Waals surface area (Å²) in [7, 11) is 1.57. The van der Waals surface area contributed by atoms with Crippen LogP contribution in [0.1, 0.15) is 5.69 Å². The van der Waals surface area contributed by atoms with Crippen LogP contribution in [0.15, 0.2) is 29.1 Å². The molecule has 4 heteroatoms. The molecule has 2 rings (SSSR count). The average molecular weight is 191 g/mol. The van der Waals surface area contributed by atoms with Gasteiger partial charge >= 0.3 is 0 Å². The molecule has 2 aromatic rings. The van der Waals surface area contributed by atoms with E-state index in [4.69, 9.17) is 9.15 Å². The molecule has 0 aliphatic rings. The predicted molar refractivity (Wildman–Crippen MR) is 51.7 cm³/mol. The Morgan fingerprint density at radius 3 is 3.14 bits per heavy atom. The molecule has 0 aliphatic carbocycles. The summed E-state index contributed by atoms with van der Waals surface area (Å²) in [5, 5.41) is 9.84. The van der Waals surface area contributed by atoms with Gasteiger partial charge < -0.3 is 14.3 Å². The summed E-state index contributed by atoms with van der Waals surface area (Å²) in [6.45, 7) is 0. The summed E-state index contributed by atoms with van der Waals surface area (Å²) in [6.07, 6.45) is 4.67. The topological polar surface area (TPSA) is 55.5 Å². The van der Waals surface area contributed by atoms with Gasteiger partial charge in [0, 0.05) is 0 Å². The van der Waals surface area contributed by atoms with Gasteiger partial charge in [0.05, 0.1) is 24.5 Å². The van der Waals surface area contributed by atoms with Crippen molar-refractivity contribution in [2.24, 2.45) is 0 Å². The minimum absolute atomic E-state index is 0.102. The molecule has 0 aromatic carbocycles. The van der Waals surface area contributed by atoms with Crippen LogP contribution in [-0.4, -0.2) is 17.2 Å². The largest absolute Gasteiger partial charge is 0.504 e. The number of furan rings is 1. The van der Waals surface area contributed by atoms with Gasteiger partial charge in [0.2, 0.25) is 0 Å². The maximum Gasteiger partial charge on any atom is 0.291 e. The van der Waals surface area contributed by atoms with E-state index >= 15 is 0 Å². The van der Waals surface area contributed by atoms with E-state index in [-0.39, 0.29) is 5.95 Å². The van der Waals surface area contributed by atoms with Crippen molar-refractivity contribution in [1.29, 1.82) is 0 Å². The lowest BCUT2D eigenvalue weighted by atomic mass is 10.2. The third-order valence-corrected chi connectivity index (χ3v) is 1.83. The molecule has 0 fully saturated rings. The molecule has 0 saturated heterocycles. The van der Waals surface area contributed by atoms with Crippen LogP contribution in [0.4, 0.5) is 0 Å². The number of pyridine rings is 1. The standard InChI is InChI=1S/C10H9NO3/c1-13-5-4-7-2-3-8-9(11-7)6-14-10(8)12/h2-6,12H,1H3/b5-4-.